The van der Waals surface area contributed by atoms with Crippen molar-refractivity contribution in [3.05, 3.63) is 48.3 Å². The molecule has 1 atom stereocenters. The van der Waals surface area contributed by atoms with E-state index in [1.54, 1.807) is 0 Å². The average molecular weight is 320 g/mol. The van der Waals surface area contributed by atoms with Crippen LogP contribution >= 0.6 is 0 Å². The van der Waals surface area contributed by atoms with E-state index in [0.717, 1.165) is 32.4 Å². The number of carbonyl (C=O) groups excluding carboxylic acids is 1. The van der Waals surface area contributed by atoms with E-state index in [2.05, 4.69) is 11.5 Å². The first-order valence-electron chi connectivity index (χ1n) is 8.16. The number of aliphatic hydroxyl groups excluding tert-OH is 1. The molecule has 1 aliphatic heterocycles. The Bertz CT molecular complexity index is 518. The summed E-state index contributed by atoms with van der Waals surface area (Å²) in [5.74, 6) is -0.392. The summed E-state index contributed by atoms with van der Waals surface area (Å²) in [6.07, 6.45) is 3.87. The van der Waals surface area contributed by atoms with Gasteiger partial charge in [0.15, 0.2) is 0 Å². The molecule has 0 saturated carbocycles. The molecule has 1 aliphatic rings. The quantitative estimate of drug-likeness (QED) is 0.818. The molecule has 1 aromatic rings. The Labute approximate surface area is 137 Å². The number of hydrogen-bond acceptors (Lipinski definition) is 3. The van der Waals surface area contributed by atoms with E-state index in [9.17, 15) is 14.3 Å². The molecule has 0 aliphatic carbocycles. The maximum absolute atomic E-state index is 13.0. The Kier molecular flexibility index (Phi) is 6.74. The highest BCUT2D eigenvalue weighted by atomic mass is 19.1. The first-order chi connectivity index (χ1) is 11.1. The highest BCUT2D eigenvalue weighted by molar-refractivity contribution is 5.94. The van der Waals surface area contributed by atoms with Crippen molar-refractivity contribution in [1.29, 1.82) is 0 Å². The molecule has 1 heterocycles. The van der Waals surface area contributed by atoms with Gasteiger partial charge in [-0.15, -0.1) is 6.58 Å². The molecule has 0 bridgehead atoms. The summed E-state index contributed by atoms with van der Waals surface area (Å²) < 4.78 is 13.0. The molecule has 5 heteroatoms. The fourth-order valence-electron chi connectivity index (χ4n) is 2.83. The molecule has 4 nitrogen and oxygen atoms in total. The maximum Gasteiger partial charge on any atom is 0.253 e. The zero-order valence-corrected chi connectivity index (χ0v) is 13.5. The molecule has 2 rings (SSSR count). The Balaban J connectivity index is 1.86. The van der Waals surface area contributed by atoms with Crippen LogP contribution in [0, 0.1) is 5.82 Å². The number of allylic oxidation sites excluding steroid dienone is 1. The lowest BCUT2D eigenvalue weighted by atomic mass is 10.2. The molecule has 0 spiro atoms. The van der Waals surface area contributed by atoms with Gasteiger partial charge in [0.05, 0.1) is 6.10 Å². The topological polar surface area (TPSA) is 43.8 Å². The molecule has 0 radical (unpaired) electrons. The Morgan fingerprint density at radius 3 is 2.70 bits per heavy atom. The van der Waals surface area contributed by atoms with Crippen LogP contribution in [0.2, 0.25) is 0 Å². The van der Waals surface area contributed by atoms with Crippen molar-refractivity contribution in [2.45, 2.75) is 25.4 Å². The zero-order valence-electron chi connectivity index (χ0n) is 13.5. The number of hydrogen-bond donors (Lipinski definition) is 1. The van der Waals surface area contributed by atoms with E-state index >= 15 is 0 Å². The van der Waals surface area contributed by atoms with Crippen molar-refractivity contribution >= 4 is 5.91 Å². The second-order valence-electron chi connectivity index (χ2n) is 5.97. The molecule has 0 aromatic heterocycles. The summed E-state index contributed by atoms with van der Waals surface area (Å²) in [5, 5.41) is 10.00. The molecule has 23 heavy (non-hydrogen) atoms. The van der Waals surface area contributed by atoms with Crippen molar-refractivity contribution < 1.29 is 14.3 Å². The Morgan fingerprint density at radius 1 is 1.26 bits per heavy atom. The lowest BCUT2D eigenvalue weighted by molar-refractivity contribution is 0.0753. The predicted molar refractivity (Wildman–Crippen MR) is 88.8 cm³/mol. The number of carbonyl (C=O) groups is 1. The summed E-state index contributed by atoms with van der Waals surface area (Å²) in [4.78, 5) is 16.5. The summed E-state index contributed by atoms with van der Waals surface area (Å²) in [7, 11) is 0. The SMILES string of the molecule is C=CCCC(O)CN1CCCN(C(=O)c2ccc(F)cc2)CC1. The van der Waals surface area contributed by atoms with Crippen molar-refractivity contribution in [3.63, 3.8) is 0 Å². The minimum atomic E-state index is -0.354. The number of aliphatic hydroxyl groups is 1. The molecule has 1 amide bonds. The van der Waals surface area contributed by atoms with Gasteiger partial charge in [0.25, 0.3) is 5.91 Å². The summed E-state index contributed by atoms with van der Waals surface area (Å²) >= 11 is 0. The van der Waals surface area contributed by atoms with Crippen molar-refractivity contribution in [1.82, 2.24) is 9.80 Å². The van der Waals surface area contributed by atoms with Crippen molar-refractivity contribution in [2.75, 3.05) is 32.7 Å². The van der Waals surface area contributed by atoms with E-state index in [4.69, 9.17) is 0 Å². The van der Waals surface area contributed by atoms with Crippen LogP contribution in [0.25, 0.3) is 0 Å². The molecular weight excluding hydrogens is 295 g/mol. The molecule has 1 aromatic carbocycles. The van der Waals surface area contributed by atoms with Gasteiger partial charge in [0, 0.05) is 31.7 Å². The average Bonchev–Trinajstić information content (AvgIpc) is 2.78. The van der Waals surface area contributed by atoms with Gasteiger partial charge in [-0.3, -0.25) is 9.69 Å². The van der Waals surface area contributed by atoms with Gasteiger partial charge in [-0.1, -0.05) is 6.08 Å². The molecule has 1 saturated heterocycles. The second kappa shape index (κ2) is 8.79. The van der Waals surface area contributed by atoms with Gasteiger partial charge < -0.3 is 10.0 Å². The fraction of sp³-hybridized carbons (Fsp3) is 0.500. The largest absolute Gasteiger partial charge is 0.392 e. The van der Waals surface area contributed by atoms with Crippen LogP contribution in [0.4, 0.5) is 4.39 Å². The van der Waals surface area contributed by atoms with Crippen LogP contribution in [0.15, 0.2) is 36.9 Å². The molecular formula is C18H25FN2O2. The minimum absolute atomic E-state index is 0.0564. The first kappa shape index (κ1) is 17.6. The van der Waals surface area contributed by atoms with Gasteiger partial charge in [0.2, 0.25) is 0 Å². The highest BCUT2D eigenvalue weighted by Gasteiger charge is 2.21. The normalized spacial score (nSPS) is 17.6. The molecule has 126 valence electrons. The molecule has 1 fully saturated rings. The van der Waals surface area contributed by atoms with Gasteiger partial charge in [0.1, 0.15) is 5.82 Å². The van der Waals surface area contributed by atoms with E-state index in [1.807, 2.05) is 11.0 Å². The third-order valence-electron chi connectivity index (χ3n) is 4.14. The van der Waals surface area contributed by atoms with Crippen LogP contribution in [0.1, 0.15) is 29.6 Å². The second-order valence-corrected chi connectivity index (χ2v) is 5.97. The summed E-state index contributed by atoms with van der Waals surface area (Å²) in [6, 6.07) is 5.68. The van der Waals surface area contributed by atoms with Gasteiger partial charge >= 0.3 is 0 Å². The highest BCUT2D eigenvalue weighted by Crippen LogP contribution is 2.11. The fourth-order valence-corrected chi connectivity index (χ4v) is 2.83. The first-order valence-corrected chi connectivity index (χ1v) is 8.16. The van der Waals surface area contributed by atoms with Crippen LogP contribution in [-0.4, -0.2) is 59.6 Å². The maximum atomic E-state index is 13.0. The standard InChI is InChI=1S/C18H25FN2O2/c1-2-3-5-17(22)14-20-10-4-11-21(13-12-20)18(23)15-6-8-16(19)9-7-15/h2,6-9,17,22H,1,3-5,10-14H2. The van der Waals surface area contributed by atoms with Crippen molar-refractivity contribution in [3.8, 4) is 0 Å². The number of rotatable bonds is 6. The number of nitrogens with zero attached hydrogens (tertiary/aromatic N) is 2. The van der Waals surface area contributed by atoms with E-state index in [-0.39, 0.29) is 17.8 Å². The zero-order chi connectivity index (χ0) is 16.7. The third-order valence-corrected chi connectivity index (χ3v) is 4.14. The van der Waals surface area contributed by atoms with Crippen LogP contribution in [0.3, 0.4) is 0 Å². The molecule has 1 N–H and O–H groups in total. The van der Waals surface area contributed by atoms with Gasteiger partial charge in [-0.05, 0) is 50.1 Å². The minimum Gasteiger partial charge on any atom is -0.392 e. The number of halogens is 1. The lowest BCUT2D eigenvalue weighted by Gasteiger charge is -2.24. The van der Waals surface area contributed by atoms with Gasteiger partial charge in [-0.25, -0.2) is 4.39 Å². The number of β-amino-alcohol motifs (C(OH)–C–C–N with tert-alkyl or cyclic N) is 1. The monoisotopic (exact) mass is 320 g/mol. The van der Waals surface area contributed by atoms with Crippen LogP contribution < -0.4 is 0 Å². The van der Waals surface area contributed by atoms with Crippen molar-refractivity contribution in [2.24, 2.45) is 0 Å². The molecule has 1 unspecified atom stereocenters. The Morgan fingerprint density at radius 2 is 2.00 bits per heavy atom. The van der Waals surface area contributed by atoms with Crippen LogP contribution in [0.5, 0.6) is 0 Å². The number of benzene rings is 1. The summed E-state index contributed by atoms with van der Waals surface area (Å²) in [6.45, 7) is 7.24. The van der Waals surface area contributed by atoms with Crippen LogP contribution in [-0.2, 0) is 0 Å². The Hall–Kier alpha value is -1.72. The van der Waals surface area contributed by atoms with E-state index in [0.29, 0.717) is 25.2 Å². The van der Waals surface area contributed by atoms with Gasteiger partial charge in [-0.2, -0.15) is 0 Å². The third kappa shape index (κ3) is 5.44. The smallest absolute Gasteiger partial charge is 0.253 e. The lowest BCUT2D eigenvalue weighted by Crippen LogP contribution is -2.37. The summed E-state index contributed by atoms with van der Waals surface area (Å²) in [5.41, 5.74) is 0.519. The van der Waals surface area contributed by atoms with E-state index in [1.165, 1.54) is 24.3 Å². The number of amides is 1. The van der Waals surface area contributed by atoms with E-state index < -0.39 is 0 Å². The predicted octanol–water partition coefficient (Wildman–Crippen LogP) is 2.30.